The number of rotatable bonds is 5. The Morgan fingerprint density at radius 1 is 1.17 bits per heavy atom. The minimum atomic E-state index is -0.655. The van der Waals surface area contributed by atoms with E-state index in [4.69, 9.17) is 16.3 Å². The van der Waals surface area contributed by atoms with Crippen LogP contribution in [0, 0.1) is 6.92 Å². The van der Waals surface area contributed by atoms with Gasteiger partial charge in [-0.25, -0.2) is 0 Å². The fraction of sp³-hybridized carbons (Fsp3) is 0.348. The molecule has 0 aliphatic carbocycles. The lowest BCUT2D eigenvalue weighted by Gasteiger charge is -2.17. The van der Waals surface area contributed by atoms with Gasteiger partial charge in [-0.05, 0) is 62.6 Å². The number of nitrogens with one attached hydrogen (secondary N) is 1. The molecule has 0 saturated heterocycles. The average Bonchev–Trinajstić information content (AvgIpc) is 2.98. The molecule has 0 radical (unpaired) electrons. The van der Waals surface area contributed by atoms with Gasteiger partial charge in [0.05, 0.1) is 0 Å². The molecule has 7 heteroatoms. The number of hydrogen-bond acceptors (Lipinski definition) is 4. The number of carbonyl (C=O) groups excluding carboxylic acids is 1. The number of carbonyl (C=O) groups is 1. The first-order valence-electron chi connectivity index (χ1n) is 10.3. The van der Waals surface area contributed by atoms with Crippen LogP contribution >= 0.6 is 11.6 Å². The van der Waals surface area contributed by atoms with Gasteiger partial charge >= 0.3 is 0 Å². The Morgan fingerprint density at radius 2 is 2.03 bits per heavy atom. The molecule has 0 fully saturated rings. The van der Waals surface area contributed by atoms with Gasteiger partial charge in [-0.2, -0.15) is 0 Å². The van der Waals surface area contributed by atoms with Crippen LogP contribution in [-0.4, -0.2) is 26.8 Å². The highest BCUT2D eigenvalue weighted by molar-refractivity contribution is 6.30. The number of aromatic nitrogens is 3. The summed E-state index contributed by atoms with van der Waals surface area (Å²) in [6.45, 7) is 4.56. The highest BCUT2D eigenvalue weighted by Crippen LogP contribution is 2.26. The third-order valence-electron chi connectivity index (χ3n) is 5.31. The summed E-state index contributed by atoms with van der Waals surface area (Å²) in [7, 11) is 0. The number of anilines is 1. The number of amides is 1. The van der Waals surface area contributed by atoms with Crippen molar-refractivity contribution in [2.75, 3.05) is 5.32 Å². The molecule has 1 aromatic heterocycles. The topological polar surface area (TPSA) is 69.0 Å². The van der Waals surface area contributed by atoms with Crippen LogP contribution in [0.25, 0.3) is 11.4 Å². The second-order valence-electron chi connectivity index (χ2n) is 7.64. The Labute approximate surface area is 181 Å². The molecule has 1 atom stereocenters. The molecule has 0 spiro atoms. The largest absolute Gasteiger partial charge is 0.481 e. The number of nitrogens with zero attached hydrogens (tertiary/aromatic N) is 3. The van der Waals surface area contributed by atoms with Crippen molar-refractivity contribution in [3.63, 3.8) is 0 Å². The smallest absolute Gasteiger partial charge is 0.265 e. The summed E-state index contributed by atoms with van der Waals surface area (Å²) in [6.07, 6.45) is 3.80. The molecule has 2 aromatic carbocycles. The van der Waals surface area contributed by atoms with E-state index in [0.717, 1.165) is 48.6 Å². The van der Waals surface area contributed by atoms with Crippen LogP contribution in [0.5, 0.6) is 5.75 Å². The molecule has 0 saturated carbocycles. The van der Waals surface area contributed by atoms with Crippen molar-refractivity contribution >= 4 is 23.2 Å². The molecule has 156 valence electrons. The summed E-state index contributed by atoms with van der Waals surface area (Å²) >= 11 is 5.99. The van der Waals surface area contributed by atoms with Crippen molar-refractivity contribution in [1.82, 2.24) is 14.8 Å². The van der Waals surface area contributed by atoms with E-state index in [9.17, 15) is 4.79 Å². The molecular formula is C23H25ClN4O2. The van der Waals surface area contributed by atoms with E-state index in [-0.39, 0.29) is 5.91 Å². The number of hydrogen-bond donors (Lipinski definition) is 1. The SMILES string of the molecule is Cc1cc(Cl)ccc1OC(C)C(=O)Nc1cccc(-c2nnc3n2CCCCC3)c1. The molecule has 1 unspecified atom stereocenters. The van der Waals surface area contributed by atoms with Crippen LogP contribution in [0.1, 0.15) is 37.6 Å². The molecular weight excluding hydrogens is 400 g/mol. The highest BCUT2D eigenvalue weighted by atomic mass is 35.5. The standard InChI is InChI=1S/C23H25ClN4O2/c1-15-13-18(24)10-11-20(15)30-16(2)23(29)25-19-8-6-7-17(14-19)22-27-26-21-9-4-3-5-12-28(21)22/h6-8,10-11,13-14,16H,3-5,9,12H2,1-2H3,(H,25,29). The lowest BCUT2D eigenvalue weighted by Crippen LogP contribution is -2.30. The van der Waals surface area contributed by atoms with E-state index in [1.165, 1.54) is 6.42 Å². The maximum absolute atomic E-state index is 12.7. The average molecular weight is 425 g/mol. The zero-order valence-corrected chi connectivity index (χ0v) is 17.9. The number of ether oxygens (including phenoxy) is 1. The number of halogens is 1. The summed E-state index contributed by atoms with van der Waals surface area (Å²) in [5.74, 6) is 2.31. The Hall–Kier alpha value is -2.86. The van der Waals surface area contributed by atoms with Crippen molar-refractivity contribution in [2.24, 2.45) is 0 Å². The van der Waals surface area contributed by atoms with Crippen LogP contribution in [-0.2, 0) is 17.8 Å². The van der Waals surface area contributed by atoms with Crippen molar-refractivity contribution in [2.45, 2.75) is 52.2 Å². The van der Waals surface area contributed by atoms with E-state index in [2.05, 4.69) is 20.1 Å². The minimum Gasteiger partial charge on any atom is -0.481 e. The molecule has 3 aromatic rings. The maximum Gasteiger partial charge on any atom is 0.265 e. The Balaban J connectivity index is 1.48. The first kappa shape index (κ1) is 20.4. The fourth-order valence-corrected chi connectivity index (χ4v) is 3.89. The Morgan fingerprint density at radius 3 is 2.87 bits per heavy atom. The van der Waals surface area contributed by atoms with E-state index in [1.54, 1.807) is 19.1 Å². The zero-order valence-electron chi connectivity index (χ0n) is 17.2. The maximum atomic E-state index is 12.7. The summed E-state index contributed by atoms with van der Waals surface area (Å²) in [4.78, 5) is 12.7. The second-order valence-corrected chi connectivity index (χ2v) is 8.08. The third kappa shape index (κ3) is 4.49. The van der Waals surface area contributed by atoms with Crippen LogP contribution < -0.4 is 10.1 Å². The monoisotopic (exact) mass is 424 g/mol. The van der Waals surface area contributed by atoms with Gasteiger partial charge in [0.1, 0.15) is 11.6 Å². The summed E-state index contributed by atoms with van der Waals surface area (Å²) in [5.41, 5.74) is 2.53. The summed E-state index contributed by atoms with van der Waals surface area (Å²) in [5, 5.41) is 12.4. The lowest BCUT2D eigenvalue weighted by atomic mass is 10.1. The molecule has 1 N–H and O–H groups in total. The van der Waals surface area contributed by atoms with Crippen LogP contribution in [0.4, 0.5) is 5.69 Å². The van der Waals surface area contributed by atoms with Crippen LogP contribution in [0.15, 0.2) is 42.5 Å². The van der Waals surface area contributed by atoms with Crippen molar-refractivity contribution in [3.8, 4) is 17.1 Å². The number of aryl methyl sites for hydroxylation is 2. The second kappa shape index (κ2) is 8.88. The number of fused-ring (bicyclic) bond motifs is 1. The van der Waals surface area contributed by atoms with E-state index in [1.807, 2.05) is 37.3 Å². The predicted octanol–water partition coefficient (Wildman–Crippen LogP) is 5.04. The van der Waals surface area contributed by atoms with Crippen molar-refractivity contribution < 1.29 is 9.53 Å². The van der Waals surface area contributed by atoms with Gasteiger partial charge in [0.2, 0.25) is 0 Å². The van der Waals surface area contributed by atoms with Gasteiger partial charge < -0.3 is 14.6 Å². The molecule has 2 heterocycles. The lowest BCUT2D eigenvalue weighted by molar-refractivity contribution is -0.122. The van der Waals surface area contributed by atoms with Gasteiger partial charge in [-0.1, -0.05) is 30.2 Å². The predicted molar refractivity (Wildman–Crippen MR) is 118 cm³/mol. The van der Waals surface area contributed by atoms with Gasteiger partial charge in [0, 0.05) is 29.2 Å². The molecule has 1 aliphatic rings. The first-order chi connectivity index (χ1) is 14.5. The Bertz CT molecular complexity index is 1060. The molecule has 0 bridgehead atoms. The first-order valence-corrected chi connectivity index (χ1v) is 10.7. The van der Waals surface area contributed by atoms with Gasteiger partial charge in [-0.3, -0.25) is 4.79 Å². The third-order valence-corrected chi connectivity index (χ3v) is 5.54. The molecule has 4 rings (SSSR count). The van der Waals surface area contributed by atoms with E-state index in [0.29, 0.717) is 16.5 Å². The zero-order chi connectivity index (χ0) is 21.1. The van der Waals surface area contributed by atoms with Crippen LogP contribution in [0.2, 0.25) is 5.02 Å². The van der Waals surface area contributed by atoms with Crippen molar-refractivity contribution in [3.05, 3.63) is 58.9 Å². The molecule has 6 nitrogen and oxygen atoms in total. The van der Waals surface area contributed by atoms with Gasteiger partial charge in [-0.15, -0.1) is 10.2 Å². The summed E-state index contributed by atoms with van der Waals surface area (Å²) in [6, 6.07) is 13.0. The quantitative estimate of drug-likeness (QED) is 0.623. The molecule has 1 amide bonds. The van der Waals surface area contributed by atoms with Crippen LogP contribution in [0.3, 0.4) is 0 Å². The normalized spacial score (nSPS) is 14.5. The van der Waals surface area contributed by atoms with E-state index < -0.39 is 6.10 Å². The molecule has 30 heavy (non-hydrogen) atoms. The fourth-order valence-electron chi connectivity index (χ4n) is 3.67. The Kier molecular flexibility index (Phi) is 6.04. The van der Waals surface area contributed by atoms with Crippen molar-refractivity contribution in [1.29, 1.82) is 0 Å². The number of benzene rings is 2. The van der Waals surface area contributed by atoms with Gasteiger partial charge in [0.15, 0.2) is 11.9 Å². The minimum absolute atomic E-state index is 0.221. The van der Waals surface area contributed by atoms with E-state index >= 15 is 0 Å². The van der Waals surface area contributed by atoms with Gasteiger partial charge in [0.25, 0.3) is 5.91 Å². The highest BCUT2D eigenvalue weighted by Gasteiger charge is 2.18. The molecule has 1 aliphatic heterocycles. The summed E-state index contributed by atoms with van der Waals surface area (Å²) < 4.78 is 8.03.